The fraction of sp³-hybridized carbons (Fsp3) is 0.333. The van der Waals surface area contributed by atoms with E-state index in [4.69, 9.17) is 0 Å². The second kappa shape index (κ2) is 5.46. The molecule has 5 heteroatoms. The average Bonchev–Trinajstić information content (AvgIpc) is 2.44. The smallest absolute Gasteiger partial charge is 0.336 e. The Morgan fingerprint density at radius 3 is 2.70 bits per heavy atom. The number of pyridine rings is 1. The van der Waals surface area contributed by atoms with Gasteiger partial charge < -0.3 is 15.5 Å². The van der Waals surface area contributed by atoms with Crippen molar-refractivity contribution in [1.29, 1.82) is 0 Å². The average molecular weight is 274 g/mol. The Bertz CT molecular complexity index is 638. The Labute approximate surface area is 117 Å². The molecule has 0 saturated carbocycles. The lowest BCUT2D eigenvalue weighted by molar-refractivity contribution is 0.0699. The van der Waals surface area contributed by atoms with Gasteiger partial charge >= 0.3 is 5.97 Å². The maximum absolute atomic E-state index is 11.3. The minimum atomic E-state index is -0.979. The van der Waals surface area contributed by atoms with Gasteiger partial charge in [0.15, 0.2) is 0 Å². The highest BCUT2D eigenvalue weighted by Crippen LogP contribution is 2.22. The third-order valence-corrected chi connectivity index (χ3v) is 3.12. The summed E-state index contributed by atoms with van der Waals surface area (Å²) in [5.74, 6) is -0.476. The van der Waals surface area contributed by atoms with Crippen molar-refractivity contribution in [2.75, 3.05) is 18.5 Å². The lowest BCUT2D eigenvalue weighted by Crippen LogP contribution is -2.27. The van der Waals surface area contributed by atoms with Crippen LogP contribution in [0.15, 0.2) is 30.3 Å². The van der Waals surface area contributed by atoms with Crippen LogP contribution < -0.4 is 5.32 Å². The van der Waals surface area contributed by atoms with Gasteiger partial charge in [0.05, 0.1) is 11.1 Å². The molecule has 0 spiro atoms. The van der Waals surface area contributed by atoms with E-state index in [0.29, 0.717) is 23.3 Å². The van der Waals surface area contributed by atoms with Crippen molar-refractivity contribution in [3.8, 4) is 0 Å². The number of hydrogen-bond acceptors (Lipinski definition) is 4. The van der Waals surface area contributed by atoms with E-state index in [1.165, 1.54) is 6.07 Å². The van der Waals surface area contributed by atoms with Crippen LogP contribution in [0, 0.1) is 5.41 Å². The Hall–Kier alpha value is -2.14. The minimum Gasteiger partial charge on any atom is -0.478 e. The molecule has 106 valence electrons. The number of aromatic carboxylic acids is 1. The van der Waals surface area contributed by atoms with Gasteiger partial charge in [0.2, 0.25) is 0 Å². The molecule has 1 heterocycles. The number of hydrogen-bond donors (Lipinski definition) is 3. The van der Waals surface area contributed by atoms with Crippen LogP contribution in [-0.2, 0) is 0 Å². The second-order valence-electron chi connectivity index (χ2n) is 5.55. The molecule has 0 amide bonds. The molecule has 0 aliphatic carbocycles. The van der Waals surface area contributed by atoms with Crippen LogP contribution in [0.4, 0.5) is 5.82 Å². The van der Waals surface area contributed by atoms with Gasteiger partial charge in [-0.05, 0) is 12.1 Å². The van der Waals surface area contributed by atoms with Crippen LogP contribution in [0.1, 0.15) is 24.2 Å². The third kappa shape index (κ3) is 3.05. The molecule has 2 rings (SSSR count). The summed E-state index contributed by atoms with van der Waals surface area (Å²) in [5, 5.41) is 22.2. The summed E-state index contributed by atoms with van der Waals surface area (Å²) >= 11 is 0. The number of carboxylic acids is 1. The normalized spacial score (nSPS) is 11.6. The fourth-order valence-electron chi connectivity index (χ4n) is 1.83. The van der Waals surface area contributed by atoms with Gasteiger partial charge in [-0.2, -0.15) is 0 Å². The number of rotatable bonds is 5. The van der Waals surface area contributed by atoms with Crippen molar-refractivity contribution in [3.05, 3.63) is 35.9 Å². The Balaban J connectivity index is 2.38. The van der Waals surface area contributed by atoms with Gasteiger partial charge in [-0.1, -0.05) is 32.0 Å². The zero-order valence-corrected chi connectivity index (χ0v) is 11.6. The van der Waals surface area contributed by atoms with Crippen LogP contribution in [0.3, 0.4) is 0 Å². The minimum absolute atomic E-state index is 0.0410. The predicted octanol–water partition coefficient (Wildman–Crippen LogP) is 2.36. The van der Waals surface area contributed by atoms with Gasteiger partial charge in [-0.3, -0.25) is 0 Å². The number of anilines is 1. The Morgan fingerprint density at radius 1 is 1.35 bits per heavy atom. The summed E-state index contributed by atoms with van der Waals surface area (Å²) in [7, 11) is 0. The highest BCUT2D eigenvalue weighted by molar-refractivity contribution is 6.03. The van der Waals surface area contributed by atoms with Gasteiger partial charge in [-0.15, -0.1) is 0 Å². The SMILES string of the molecule is CC(C)(CO)CNc1cc(C(=O)O)c2ccccc2n1. The molecule has 5 nitrogen and oxygen atoms in total. The molecule has 0 atom stereocenters. The van der Waals surface area contributed by atoms with Gasteiger partial charge in [-0.25, -0.2) is 9.78 Å². The maximum atomic E-state index is 11.3. The van der Waals surface area contributed by atoms with Crippen LogP contribution in [0.2, 0.25) is 0 Å². The summed E-state index contributed by atoms with van der Waals surface area (Å²) in [5.41, 5.74) is 0.563. The monoisotopic (exact) mass is 274 g/mol. The lowest BCUT2D eigenvalue weighted by atomic mass is 9.95. The molecule has 1 aromatic heterocycles. The first kappa shape index (κ1) is 14.3. The standard InChI is InChI=1S/C15H18N2O3/c1-15(2,9-18)8-16-13-7-11(14(19)20)10-5-3-4-6-12(10)17-13/h3-7,18H,8-9H2,1-2H3,(H,16,17)(H,19,20). The lowest BCUT2D eigenvalue weighted by Gasteiger charge is -2.22. The number of aromatic nitrogens is 1. The van der Waals surface area contributed by atoms with E-state index in [2.05, 4.69) is 10.3 Å². The van der Waals surface area contributed by atoms with E-state index < -0.39 is 5.97 Å². The highest BCUT2D eigenvalue weighted by Gasteiger charge is 2.17. The number of nitrogens with one attached hydrogen (secondary N) is 1. The molecular weight excluding hydrogens is 256 g/mol. The number of benzene rings is 1. The van der Waals surface area contributed by atoms with E-state index in [1.54, 1.807) is 18.2 Å². The largest absolute Gasteiger partial charge is 0.478 e. The summed E-state index contributed by atoms with van der Waals surface area (Å²) in [6, 6.07) is 8.66. The molecule has 2 aromatic rings. The molecule has 1 aromatic carbocycles. The first-order valence-corrected chi connectivity index (χ1v) is 6.41. The van der Waals surface area contributed by atoms with Crippen molar-refractivity contribution >= 4 is 22.7 Å². The van der Waals surface area contributed by atoms with Crippen molar-refractivity contribution in [1.82, 2.24) is 4.98 Å². The Morgan fingerprint density at radius 2 is 2.05 bits per heavy atom. The Kier molecular flexibility index (Phi) is 3.90. The summed E-state index contributed by atoms with van der Waals surface area (Å²) in [6.07, 6.45) is 0. The molecule has 0 saturated heterocycles. The molecule has 0 fully saturated rings. The van der Waals surface area contributed by atoms with E-state index in [9.17, 15) is 15.0 Å². The third-order valence-electron chi connectivity index (χ3n) is 3.12. The van der Waals surface area contributed by atoms with Crippen LogP contribution >= 0.6 is 0 Å². The van der Waals surface area contributed by atoms with Crippen LogP contribution in [0.5, 0.6) is 0 Å². The van der Waals surface area contributed by atoms with E-state index >= 15 is 0 Å². The van der Waals surface area contributed by atoms with Crippen molar-refractivity contribution in [2.45, 2.75) is 13.8 Å². The number of aliphatic hydroxyl groups excluding tert-OH is 1. The summed E-state index contributed by atoms with van der Waals surface area (Å²) in [4.78, 5) is 15.7. The molecule has 0 bridgehead atoms. The zero-order chi connectivity index (χ0) is 14.8. The first-order chi connectivity index (χ1) is 9.43. The predicted molar refractivity (Wildman–Crippen MR) is 78.1 cm³/mol. The molecule has 20 heavy (non-hydrogen) atoms. The van der Waals surface area contributed by atoms with Crippen molar-refractivity contribution in [2.24, 2.45) is 5.41 Å². The molecular formula is C15H18N2O3. The number of nitrogens with zero attached hydrogens (tertiary/aromatic N) is 1. The molecule has 0 aliphatic heterocycles. The second-order valence-corrected chi connectivity index (χ2v) is 5.55. The number of para-hydroxylation sites is 1. The number of carboxylic acid groups (broad SMARTS) is 1. The topological polar surface area (TPSA) is 82.5 Å². The first-order valence-electron chi connectivity index (χ1n) is 6.41. The maximum Gasteiger partial charge on any atom is 0.336 e. The molecule has 0 unspecified atom stereocenters. The zero-order valence-electron chi connectivity index (χ0n) is 11.6. The quantitative estimate of drug-likeness (QED) is 0.779. The van der Waals surface area contributed by atoms with Crippen LogP contribution in [-0.4, -0.2) is 34.3 Å². The summed E-state index contributed by atoms with van der Waals surface area (Å²) < 4.78 is 0. The van der Waals surface area contributed by atoms with Gasteiger partial charge in [0.25, 0.3) is 0 Å². The van der Waals surface area contributed by atoms with Gasteiger partial charge in [0, 0.05) is 24.0 Å². The van der Waals surface area contributed by atoms with E-state index in [0.717, 1.165) is 0 Å². The van der Waals surface area contributed by atoms with Crippen molar-refractivity contribution < 1.29 is 15.0 Å². The van der Waals surface area contributed by atoms with Gasteiger partial charge in [0.1, 0.15) is 5.82 Å². The van der Waals surface area contributed by atoms with E-state index in [-0.39, 0.29) is 17.6 Å². The number of carbonyl (C=O) groups is 1. The van der Waals surface area contributed by atoms with Crippen LogP contribution in [0.25, 0.3) is 10.9 Å². The highest BCUT2D eigenvalue weighted by atomic mass is 16.4. The number of aliphatic hydroxyl groups is 1. The van der Waals surface area contributed by atoms with E-state index in [1.807, 2.05) is 19.9 Å². The van der Waals surface area contributed by atoms with Crippen molar-refractivity contribution in [3.63, 3.8) is 0 Å². The molecule has 3 N–H and O–H groups in total. The molecule has 0 radical (unpaired) electrons. The molecule has 0 aliphatic rings. The fourth-order valence-corrected chi connectivity index (χ4v) is 1.83. The number of fused-ring (bicyclic) bond motifs is 1. The summed E-state index contributed by atoms with van der Waals surface area (Å²) in [6.45, 7) is 4.38.